The van der Waals surface area contributed by atoms with Gasteiger partial charge >= 0.3 is 7.12 Å². The minimum absolute atomic E-state index is 0.204. The third kappa shape index (κ3) is 5.69. The summed E-state index contributed by atoms with van der Waals surface area (Å²) in [5, 5.41) is 24.0. The van der Waals surface area contributed by atoms with Gasteiger partial charge in [-0.2, -0.15) is 0 Å². The van der Waals surface area contributed by atoms with Crippen molar-refractivity contribution in [3.8, 4) is 0 Å². The number of hydrogen-bond acceptors (Lipinski definition) is 6. The Morgan fingerprint density at radius 1 is 1.12 bits per heavy atom. The van der Waals surface area contributed by atoms with Gasteiger partial charge in [0.2, 0.25) is 17.7 Å². The van der Waals surface area contributed by atoms with Gasteiger partial charge in [-0.1, -0.05) is 13.8 Å². The second-order valence-corrected chi connectivity index (χ2v) is 6.90. The molecule has 0 radical (unpaired) electrons. The van der Waals surface area contributed by atoms with Crippen LogP contribution in [-0.2, 0) is 14.4 Å². The van der Waals surface area contributed by atoms with E-state index in [-0.39, 0.29) is 11.8 Å². The molecular weight excluding hydrogens is 327 g/mol. The molecule has 1 saturated heterocycles. The summed E-state index contributed by atoms with van der Waals surface area (Å²) in [4.78, 5) is 38.1. The molecule has 0 aromatic carbocycles. The largest absolute Gasteiger partial charge is 0.475 e. The number of likely N-dealkylation sites (tertiary alicyclic amines) is 1. The lowest BCUT2D eigenvalue weighted by molar-refractivity contribution is -0.138. The first-order valence-corrected chi connectivity index (χ1v) is 8.59. The minimum atomic E-state index is -1.61. The zero-order valence-electron chi connectivity index (χ0n) is 15.2. The van der Waals surface area contributed by atoms with E-state index in [1.165, 1.54) is 18.7 Å². The van der Waals surface area contributed by atoms with E-state index in [9.17, 15) is 24.4 Å². The molecule has 3 amide bonds. The normalized spacial score (nSPS) is 20.8. The zero-order valence-corrected chi connectivity index (χ0v) is 15.2. The molecule has 25 heavy (non-hydrogen) atoms. The molecule has 1 fully saturated rings. The summed E-state index contributed by atoms with van der Waals surface area (Å²) in [5.41, 5.74) is 5.46. The topological polar surface area (TPSA) is 145 Å². The monoisotopic (exact) mass is 356 g/mol. The average Bonchev–Trinajstić information content (AvgIpc) is 3.00. The van der Waals surface area contributed by atoms with Gasteiger partial charge in [0.05, 0.1) is 12.0 Å². The number of carbonyl (C=O) groups excluding carboxylic acids is 3. The van der Waals surface area contributed by atoms with Crippen LogP contribution in [0.2, 0.25) is 0 Å². The number of amides is 3. The van der Waals surface area contributed by atoms with E-state index in [0.717, 1.165) is 0 Å². The molecule has 0 bridgehead atoms. The predicted octanol–water partition coefficient (Wildman–Crippen LogP) is -2.02. The molecular formula is C15H29BN4O5. The van der Waals surface area contributed by atoms with Crippen LogP contribution in [-0.4, -0.2) is 70.4 Å². The zero-order chi connectivity index (χ0) is 19.3. The van der Waals surface area contributed by atoms with Crippen molar-refractivity contribution < 1.29 is 24.4 Å². The molecule has 0 aliphatic carbocycles. The van der Waals surface area contributed by atoms with Gasteiger partial charge < -0.3 is 31.3 Å². The SMILES string of the molecule is CC(C)[C@H](NC(=O)[C@H](C)NC(=O)[C@@H](C)N)C(=O)N1CCC[C@H]1B(O)O. The number of rotatable bonds is 7. The first-order chi connectivity index (χ1) is 11.6. The van der Waals surface area contributed by atoms with Crippen molar-refractivity contribution in [3.05, 3.63) is 0 Å². The number of nitrogens with two attached hydrogens (primary N) is 1. The van der Waals surface area contributed by atoms with Gasteiger partial charge in [0.1, 0.15) is 12.1 Å². The molecule has 1 rings (SSSR count). The average molecular weight is 356 g/mol. The lowest BCUT2D eigenvalue weighted by Crippen LogP contribution is -2.58. The summed E-state index contributed by atoms with van der Waals surface area (Å²) >= 11 is 0. The molecule has 142 valence electrons. The Bertz CT molecular complexity index is 500. The van der Waals surface area contributed by atoms with Gasteiger partial charge in [0, 0.05) is 6.54 Å². The smallest absolute Gasteiger partial charge is 0.426 e. The van der Waals surface area contributed by atoms with E-state index in [0.29, 0.717) is 19.4 Å². The van der Waals surface area contributed by atoms with Crippen LogP contribution < -0.4 is 16.4 Å². The van der Waals surface area contributed by atoms with Crippen LogP contribution >= 0.6 is 0 Å². The Morgan fingerprint density at radius 2 is 1.72 bits per heavy atom. The molecule has 0 unspecified atom stereocenters. The quantitative estimate of drug-likeness (QED) is 0.333. The fraction of sp³-hybridized carbons (Fsp3) is 0.800. The van der Waals surface area contributed by atoms with Crippen LogP contribution in [0.1, 0.15) is 40.5 Å². The third-order valence-corrected chi connectivity index (χ3v) is 4.32. The van der Waals surface area contributed by atoms with Gasteiger partial charge in [-0.3, -0.25) is 14.4 Å². The number of hydrogen-bond donors (Lipinski definition) is 5. The van der Waals surface area contributed by atoms with E-state index in [2.05, 4.69) is 10.6 Å². The van der Waals surface area contributed by atoms with Gasteiger partial charge in [-0.15, -0.1) is 0 Å². The summed E-state index contributed by atoms with van der Waals surface area (Å²) in [5.74, 6) is -2.19. The van der Waals surface area contributed by atoms with E-state index < -0.39 is 43.0 Å². The summed E-state index contributed by atoms with van der Waals surface area (Å²) in [6, 6.07) is -2.40. The standard InChI is InChI=1S/C15H29BN4O5/c1-8(2)12(15(23)20-7-5-6-11(20)16(24)25)19-14(22)10(4)18-13(21)9(3)17/h8-12,24-25H,5-7,17H2,1-4H3,(H,18,21)(H,19,22)/t9-,10+,11+,12+/m1/s1. The Kier molecular flexibility index (Phi) is 7.84. The van der Waals surface area contributed by atoms with Crippen LogP contribution in [0.15, 0.2) is 0 Å². The van der Waals surface area contributed by atoms with Crippen molar-refractivity contribution >= 4 is 24.8 Å². The molecule has 0 saturated carbocycles. The van der Waals surface area contributed by atoms with Crippen molar-refractivity contribution in [1.82, 2.24) is 15.5 Å². The summed E-state index contributed by atoms with van der Waals surface area (Å²) in [6.07, 6.45) is 1.18. The lowest BCUT2D eigenvalue weighted by Gasteiger charge is -2.31. The molecule has 1 aliphatic heterocycles. The second-order valence-electron chi connectivity index (χ2n) is 6.90. The van der Waals surface area contributed by atoms with E-state index in [1.807, 2.05) is 0 Å². The summed E-state index contributed by atoms with van der Waals surface area (Å²) in [7, 11) is -1.61. The molecule has 6 N–H and O–H groups in total. The van der Waals surface area contributed by atoms with Gasteiger partial charge in [-0.05, 0) is 32.6 Å². The number of nitrogens with one attached hydrogen (secondary N) is 2. The van der Waals surface area contributed by atoms with Crippen molar-refractivity contribution in [2.24, 2.45) is 11.7 Å². The van der Waals surface area contributed by atoms with Crippen molar-refractivity contribution in [2.45, 2.75) is 64.6 Å². The number of nitrogens with zero attached hydrogens (tertiary/aromatic N) is 1. The van der Waals surface area contributed by atoms with E-state index >= 15 is 0 Å². The van der Waals surface area contributed by atoms with Crippen LogP contribution in [0.3, 0.4) is 0 Å². The van der Waals surface area contributed by atoms with Crippen LogP contribution in [0.5, 0.6) is 0 Å². The van der Waals surface area contributed by atoms with Crippen molar-refractivity contribution in [2.75, 3.05) is 6.54 Å². The maximum absolute atomic E-state index is 12.8. The maximum Gasteiger partial charge on any atom is 0.475 e. The Hall–Kier alpha value is -1.65. The molecule has 4 atom stereocenters. The molecule has 0 aromatic heterocycles. The van der Waals surface area contributed by atoms with Crippen LogP contribution in [0.4, 0.5) is 0 Å². The fourth-order valence-corrected chi connectivity index (χ4v) is 2.76. The molecule has 1 heterocycles. The highest BCUT2D eigenvalue weighted by atomic mass is 16.4. The Morgan fingerprint density at radius 3 is 2.20 bits per heavy atom. The number of carbonyl (C=O) groups is 3. The molecule has 0 aromatic rings. The van der Waals surface area contributed by atoms with Crippen molar-refractivity contribution in [3.63, 3.8) is 0 Å². The molecule has 10 heteroatoms. The van der Waals surface area contributed by atoms with Crippen molar-refractivity contribution in [1.29, 1.82) is 0 Å². The van der Waals surface area contributed by atoms with Gasteiger partial charge in [-0.25, -0.2) is 0 Å². The van der Waals surface area contributed by atoms with Gasteiger partial charge in [0.15, 0.2) is 0 Å². The van der Waals surface area contributed by atoms with Gasteiger partial charge in [0.25, 0.3) is 0 Å². The highest BCUT2D eigenvalue weighted by Crippen LogP contribution is 2.20. The molecule has 1 aliphatic rings. The highest BCUT2D eigenvalue weighted by molar-refractivity contribution is 6.43. The third-order valence-electron chi connectivity index (χ3n) is 4.32. The van der Waals surface area contributed by atoms with Crippen LogP contribution in [0, 0.1) is 5.92 Å². The Balaban J connectivity index is 2.78. The highest BCUT2D eigenvalue weighted by Gasteiger charge is 2.40. The molecule has 0 spiro atoms. The van der Waals surface area contributed by atoms with E-state index in [1.54, 1.807) is 13.8 Å². The van der Waals surface area contributed by atoms with E-state index in [4.69, 9.17) is 5.73 Å². The van der Waals surface area contributed by atoms with Crippen LogP contribution in [0.25, 0.3) is 0 Å². The summed E-state index contributed by atoms with van der Waals surface area (Å²) < 4.78 is 0. The maximum atomic E-state index is 12.8. The first kappa shape index (κ1) is 21.4. The molecule has 9 nitrogen and oxygen atoms in total. The minimum Gasteiger partial charge on any atom is -0.426 e. The first-order valence-electron chi connectivity index (χ1n) is 8.59. The Labute approximate surface area is 148 Å². The fourth-order valence-electron chi connectivity index (χ4n) is 2.76. The lowest BCUT2D eigenvalue weighted by atomic mass is 9.77. The predicted molar refractivity (Wildman–Crippen MR) is 92.9 cm³/mol. The second kappa shape index (κ2) is 9.16. The summed E-state index contributed by atoms with van der Waals surface area (Å²) in [6.45, 7) is 7.00.